The molecule has 1 N–H and O–H groups in total. The van der Waals surface area contributed by atoms with E-state index in [1.165, 1.54) is 29.9 Å². The molecule has 154 valence electrons. The Bertz CT molecular complexity index is 1010. The fourth-order valence-corrected chi connectivity index (χ4v) is 2.81. The molecule has 0 fully saturated rings. The van der Waals surface area contributed by atoms with Gasteiger partial charge in [0.05, 0.1) is 6.54 Å². The summed E-state index contributed by atoms with van der Waals surface area (Å²) in [5.41, 5.74) is 0.0859. The van der Waals surface area contributed by atoms with Crippen LogP contribution in [0.4, 0.5) is 23.4 Å². The average Bonchev–Trinajstić information content (AvgIpc) is 3.17. The number of nitrogens with one attached hydrogen (secondary N) is 1. The SMILES string of the molecule is Cc1cc(C(F)(F)F)nn1CCC(=O)Nc1nn(Cc2ccc(F)cc2)cc1Cl. The Morgan fingerprint density at radius 3 is 2.52 bits per heavy atom. The lowest BCUT2D eigenvalue weighted by atomic mass is 10.2. The molecule has 0 radical (unpaired) electrons. The highest BCUT2D eigenvalue weighted by molar-refractivity contribution is 6.33. The molecule has 2 aromatic heterocycles. The van der Waals surface area contributed by atoms with Gasteiger partial charge in [-0.2, -0.15) is 23.4 Å². The number of anilines is 1. The molecule has 0 spiro atoms. The van der Waals surface area contributed by atoms with Gasteiger partial charge in [-0.3, -0.25) is 14.2 Å². The topological polar surface area (TPSA) is 64.7 Å². The van der Waals surface area contributed by atoms with Gasteiger partial charge in [-0.05, 0) is 30.7 Å². The zero-order chi connectivity index (χ0) is 21.2. The maximum atomic E-state index is 13.0. The van der Waals surface area contributed by atoms with Crippen molar-refractivity contribution in [3.05, 3.63) is 64.3 Å². The van der Waals surface area contributed by atoms with Gasteiger partial charge in [-0.1, -0.05) is 23.7 Å². The highest BCUT2D eigenvalue weighted by Crippen LogP contribution is 2.28. The van der Waals surface area contributed by atoms with E-state index in [-0.39, 0.29) is 29.6 Å². The van der Waals surface area contributed by atoms with Crippen LogP contribution in [0.2, 0.25) is 5.02 Å². The van der Waals surface area contributed by atoms with E-state index >= 15 is 0 Å². The third-order valence-corrected chi connectivity index (χ3v) is 4.33. The molecule has 1 amide bonds. The van der Waals surface area contributed by atoms with E-state index in [0.29, 0.717) is 12.2 Å². The van der Waals surface area contributed by atoms with E-state index < -0.39 is 17.8 Å². The Balaban J connectivity index is 1.59. The van der Waals surface area contributed by atoms with Crippen LogP contribution in [0.5, 0.6) is 0 Å². The third kappa shape index (κ3) is 5.35. The van der Waals surface area contributed by atoms with Crippen molar-refractivity contribution >= 4 is 23.3 Å². The number of carbonyl (C=O) groups excluding carboxylic acids is 1. The third-order valence-electron chi connectivity index (χ3n) is 4.05. The number of nitrogens with zero attached hydrogens (tertiary/aromatic N) is 4. The standard InChI is InChI=1S/C18H16ClF4N5O/c1-11-8-15(18(21,22)23)25-28(11)7-6-16(29)24-17-14(19)10-27(26-17)9-12-2-4-13(20)5-3-12/h2-5,8,10H,6-7,9H2,1H3,(H,24,26,29). The molecule has 6 nitrogen and oxygen atoms in total. The first-order valence-corrected chi connectivity index (χ1v) is 8.88. The van der Waals surface area contributed by atoms with Gasteiger partial charge in [-0.15, -0.1) is 0 Å². The molecule has 3 aromatic rings. The lowest BCUT2D eigenvalue weighted by molar-refractivity contribution is -0.141. The molecule has 29 heavy (non-hydrogen) atoms. The number of amides is 1. The molecule has 0 aliphatic carbocycles. The summed E-state index contributed by atoms with van der Waals surface area (Å²) in [6.45, 7) is 1.78. The highest BCUT2D eigenvalue weighted by atomic mass is 35.5. The van der Waals surface area contributed by atoms with Gasteiger partial charge in [0.25, 0.3) is 0 Å². The van der Waals surface area contributed by atoms with Crippen LogP contribution < -0.4 is 5.32 Å². The Kier molecular flexibility index (Phi) is 5.92. The molecule has 3 rings (SSSR count). The number of hydrogen-bond acceptors (Lipinski definition) is 3. The van der Waals surface area contributed by atoms with Crippen LogP contribution in [0.3, 0.4) is 0 Å². The van der Waals surface area contributed by atoms with Gasteiger partial charge in [0.15, 0.2) is 11.5 Å². The van der Waals surface area contributed by atoms with Gasteiger partial charge in [-0.25, -0.2) is 4.39 Å². The van der Waals surface area contributed by atoms with Crippen molar-refractivity contribution in [2.45, 2.75) is 32.6 Å². The summed E-state index contributed by atoms with van der Waals surface area (Å²) < 4.78 is 53.6. The fraction of sp³-hybridized carbons (Fsp3) is 0.278. The number of rotatable bonds is 6. The molecule has 2 heterocycles. The second-order valence-electron chi connectivity index (χ2n) is 6.34. The van der Waals surface area contributed by atoms with E-state index in [1.54, 1.807) is 12.1 Å². The van der Waals surface area contributed by atoms with Crippen LogP contribution in [0.1, 0.15) is 23.4 Å². The number of aromatic nitrogens is 4. The van der Waals surface area contributed by atoms with Crippen molar-refractivity contribution in [2.75, 3.05) is 5.32 Å². The maximum absolute atomic E-state index is 13.0. The van der Waals surface area contributed by atoms with Crippen molar-refractivity contribution in [3.8, 4) is 0 Å². The minimum absolute atomic E-state index is 0.0261. The summed E-state index contributed by atoms with van der Waals surface area (Å²) in [6.07, 6.45) is -3.14. The normalized spacial score (nSPS) is 11.7. The summed E-state index contributed by atoms with van der Waals surface area (Å²) in [4.78, 5) is 12.1. The van der Waals surface area contributed by atoms with Crippen LogP contribution in [-0.2, 0) is 24.1 Å². The lowest BCUT2D eigenvalue weighted by Crippen LogP contribution is -2.17. The minimum Gasteiger partial charge on any atom is -0.308 e. The zero-order valence-electron chi connectivity index (χ0n) is 15.2. The molecule has 0 aliphatic rings. The van der Waals surface area contributed by atoms with Crippen LogP contribution in [0, 0.1) is 12.7 Å². The van der Waals surface area contributed by atoms with Gasteiger partial charge in [0.1, 0.15) is 10.8 Å². The first-order chi connectivity index (χ1) is 13.6. The van der Waals surface area contributed by atoms with Gasteiger partial charge in [0.2, 0.25) is 5.91 Å². The molecule has 11 heteroatoms. The zero-order valence-corrected chi connectivity index (χ0v) is 15.9. The quantitative estimate of drug-likeness (QED) is 0.595. The van der Waals surface area contributed by atoms with Gasteiger partial charge in [0, 0.05) is 24.9 Å². The maximum Gasteiger partial charge on any atom is 0.435 e. The second-order valence-corrected chi connectivity index (χ2v) is 6.75. The Labute approximate surface area is 168 Å². The average molecular weight is 430 g/mol. The predicted molar refractivity (Wildman–Crippen MR) is 98.0 cm³/mol. The molecule has 0 bridgehead atoms. The van der Waals surface area contributed by atoms with Crippen LogP contribution in [0.25, 0.3) is 0 Å². The van der Waals surface area contributed by atoms with Crippen molar-refractivity contribution in [2.24, 2.45) is 0 Å². The number of aryl methyl sites for hydroxylation is 2. The molecule has 0 atom stereocenters. The summed E-state index contributed by atoms with van der Waals surface area (Å²) in [7, 11) is 0. The van der Waals surface area contributed by atoms with Crippen LogP contribution in [-0.4, -0.2) is 25.5 Å². The van der Waals surface area contributed by atoms with E-state index in [9.17, 15) is 22.4 Å². The number of halogens is 5. The molecule has 0 saturated carbocycles. The number of hydrogen-bond donors (Lipinski definition) is 1. The Hall–Kier alpha value is -2.88. The Morgan fingerprint density at radius 2 is 1.90 bits per heavy atom. The predicted octanol–water partition coefficient (Wildman–Crippen LogP) is 4.28. The first-order valence-electron chi connectivity index (χ1n) is 8.51. The van der Waals surface area contributed by atoms with E-state index in [1.807, 2.05) is 0 Å². The second kappa shape index (κ2) is 8.24. The number of benzene rings is 1. The summed E-state index contributed by atoms with van der Waals surface area (Å²) in [5, 5.41) is 10.4. The molecule has 0 saturated heterocycles. The molecular formula is C18H16ClF4N5O. The lowest BCUT2D eigenvalue weighted by Gasteiger charge is -2.06. The van der Waals surface area contributed by atoms with Crippen molar-refractivity contribution < 1.29 is 22.4 Å². The summed E-state index contributed by atoms with van der Waals surface area (Å²) in [5.74, 6) is -0.690. The fourth-order valence-electron chi connectivity index (χ4n) is 2.62. The van der Waals surface area contributed by atoms with Crippen LogP contribution in [0.15, 0.2) is 36.5 Å². The molecule has 1 aromatic carbocycles. The minimum atomic E-state index is -4.54. The molecular weight excluding hydrogens is 414 g/mol. The van der Waals surface area contributed by atoms with E-state index in [2.05, 4.69) is 15.5 Å². The number of alkyl halides is 3. The van der Waals surface area contributed by atoms with E-state index in [0.717, 1.165) is 16.3 Å². The van der Waals surface area contributed by atoms with Gasteiger partial charge >= 0.3 is 6.18 Å². The van der Waals surface area contributed by atoms with E-state index in [4.69, 9.17) is 11.6 Å². The number of carbonyl (C=O) groups is 1. The van der Waals surface area contributed by atoms with Crippen LogP contribution >= 0.6 is 11.6 Å². The monoisotopic (exact) mass is 429 g/mol. The van der Waals surface area contributed by atoms with Crippen molar-refractivity contribution in [1.29, 1.82) is 0 Å². The smallest absolute Gasteiger partial charge is 0.308 e. The summed E-state index contributed by atoms with van der Waals surface area (Å²) >= 11 is 6.08. The Morgan fingerprint density at radius 1 is 1.21 bits per heavy atom. The van der Waals surface area contributed by atoms with Gasteiger partial charge < -0.3 is 5.32 Å². The molecule has 0 aliphatic heterocycles. The van der Waals surface area contributed by atoms with Crippen molar-refractivity contribution in [3.63, 3.8) is 0 Å². The highest BCUT2D eigenvalue weighted by Gasteiger charge is 2.34. The largest absolute Gasteiger partial charge is 0.435 e. The van der Waals surface area contributed by atoms with Crippen molar-refractivity contribution in [1.82, 2.24) is 19.6 Å². The summed E-state index contributed by atoms with van der Waals surface area (Å²) in [6, 6.07) is 6.77. The molecule has 0 unspecified atom stereocenters. The first kappa shape index (κ1) is 20.8.